The van der Waals surface area contributed by atoms with Crippen molar-refractivity contribution in [3.8, 4) is 0 Å². The van der Waals surface area contributed by atoms with Gasteiger partial charge in [0.2, 0.25) is 0 Å². The average Bonchev–Trinajstić information content (AvgIpc) is 2.49. The maximum atomic E-state index is 4.21. The molecular weight excluding hydrogens is 184 g/mol. The zero-order valence-electron chi connectivity index (χ0n) is 7.57. The van der Waals surface area contributed by atoms with E-state index in [1.165, 1.54) is 24.7 Å². The summed E-state index contributed by atoms with van der Waals surface area (Å²) in [5.74, 6) is 0. The van der Waals surface area contributed by atoms with Crippen molar-refractivity contribution < 1.29 is 0 Å². The topological polar surface area (TPSA) is 41.1 Å². The van der Waals surface area contributed by atoms with Gasteiger partial charge in [-0.15, -0.1) is 0 Å². The lowest BCUT2D eigenvalue weighted by Gasteiger charge is -2.17. The molecule has 1 aromatic heterocycles. The third-order valence-electron chi connectivity index (χ3n) is 2.23. The van der Waals surface area contributed by atoms with Crippen molar-refractivity contribution in [1.29, 1.82) is 0 Å². The summed E-state index contributed by atoms with van der Waals surface area (Å²) >= 11 is 1.29. The van der Waals surface area contributed by atoms with Gasteiger partial charge >= 0.3 is 0 Å². The first-order chi connectivity index (χ1) is 6.45. The standard InChI is InChI=1S/C8H14N4S/c1-2-9-3-5-12(4-1)7-8-6-10-13-11-8/h6,9H,1-5,7H2. The van der Waals surface area contributed by atoms with Crippen LogP contribution < -0.4 is 5.32 Å². The summed E-state index contributed by atoms with van der Waals surface area (Å²) in [5, 5.41) is 3.38. The van der Waals surface area contributed by atoms with Gasteiger partial charge in [-0.05, 0) is 19.5 Å². The van der Waals surface area contributed by atoms with Gasteiger partial charge in [0.15, 0.2) is 0 Å². The molecule has 1 aromatic rings. The van der Waals surface area contributed by atoms with Crippen LogP contribution >= 0.6 is 11.7 Å². The molecule has 13 heavy (non-hydrogen) atoms. The van der Waals surface area contributed by atoms with Crippen molar-refractivity contribution in [2.75, 3.05) is 26.2 Å². The molecule has 0 amide bonds. The van der Waals surface area contributed by atoms with Gasteiger partial charge < -0.3 is 5.32 Å². The van der Waals surface area contributed by atoms with Crippen molar-refractivity contribution in [2.45, 2.75) is 13.0 Å². The quantitative estimate of drug-likeness (QED) is 0.743. The fraction of sp³-hybridized carbons (Fsp3) is 0.750. The summed E-state index contributed by atoms with van der Waals surface area (Å²) in [6.45, 7) is 5.49. The Hall–Kier alpha value is -0.520. The van der Waals surface area contributed by atoms with Crippen molar-refractivity contribution in [3.05, 3.63) is 11.9 Å². The predicted molar refractivity (Wildman–Crippen MR) is 52.7 cm³/mol. The Kier molecular flexibility index (Phi) is 3.23. The van der Waals surface area contributed by atoms with Crippen LogP contribution in [0.5, 0.6) is 0 Å². The molecule has 1 aliphatic heterocycles. The van der Waals surface area contributed by atoms with Gasteiger partial charge in [0, 0.05) is 19.6 Å². The van der Waals surface area contributed by atoms with Gasteiger partial charge in [-0.1, -0.05) is 0 Å². The largest absolute Gasteiger partial charge is 0.315 e. The molecule has 0 spiro atoms. The van der Waals surface area contributed by atoms with Crippen LogP contribution in [0, 0.1) is 0 Å². The van der Waals surface area contributed by atoms with Gasteiger partial charge in [0.1, 0.15) is 0 Å². The zero-order valence-corrected chi connectivity index (χ0v) is 8.39. The molecule has 5 heteroatoms. The Morgan fingerprint density at radius 3 is 3.31 bits per heavy atom. The van der Waals surface area contributed by atoms with E-state index < -0.39 is 0 Å². The number of hydrogen-bond acceptors (Lipinski definition) is 5. The Balaban J connectivity index is 1.86. The van der Waals surface area contributed by atoms with Gasteiger partial charge in [-0.25, -0.2) is 0 Å². The maximum Gasteiger partial charge on any atom is 0.0883 e. The van der Waals surface area contributed by atoms with E-state index >= 15 is 0 Å². The Morgan fingerprint density at radius 1 is 1.46 bits per heavy atom. The molecule has 0 unspecified atom stereocenters. The van der Waals surface area contributed by atoms with E-state index in [0.717, 1.165) is 31.9 Å². The van der Waals surface area contributed by atoms with Crippen LogP contribution in [0.25, 0.3) is 0 Å². The molecule has 0 bridgehead atoms. The molecule has 0 atom stereocenters. The summed E-state index contributed by atoms with van der Waals surface area (Å²) in [7, 11) is 0. The molecule has 2 heterocycles. The minimum Gasteiger partial charge on any atom is -0.315 e. The van der Waals surface area contributed by atoms with E-state index in [4.69, 9.17) is 0 Å². The summed E-state index contributed by atoms with van der Waals surface area (Å²) in [6.07, 6.45) is 3.10. The van der Waals surface area contributed by atoms with E-state index in [2.05, 4.69) is 19.0 Å². The fourth-order valence-electron chi connectivity index (χ4n) is 1.54. The predicted octanol–water partition coefficient (Wildman–Crippen LogP) is 0.333. The minimum absolute atomic E-state index is 0.957. The fourth-order valence-corrected chi connectivity index (χ4v) is 1.97. The van der Waals surface area contributed by atoms with Gasteiger partial charge in [0.05, 0.1) is 23.6 Å². The molecule has 0 aromatic carbocycles. The molecule has 0 radical (unpaired) electrons. The number of hydrogen-bond donors (Lipinski definition) is 1. The lowest BCUT2D eigenvalue weighted by atomic mass is 10.3. The summed E-state index contributed by atoms with van der Waals surface area (Å²) < 4.78 is 8.21. The normalized spacial score (nSPS) is 20.0. The van der Waals surface area contributed by atoms with Crippen molar-refractivity contribution in [2.24, 2.45) is 0 Å². The van der Waals surface area contributed by atoms with Crippen molar-refractivity contribution in [3.63, 3.8) is 0 Å². The van der Waals surface area contributed by atoms with E-state index in [0.29, 0.717) is 0 Å². The smallest absolute Gasteiger partial charge is 0.0883 e. The number of nitrogens with zero attached hydrogens (tertiary/aromatic N) is 3. The molecule has 1 fully saturated rings. The highest BCUT2D eigenvalue weighted by Gasteiger charge is 2.09. The number of rotatable bonds is 2. The molecule has 72 valence electrons. The molecule has 4 nitrogen and oxygen atoms in total. The second-order valence-corrected chi connectivity index (χ2v) is 3.84. The van der Waals surface area contributed by atoms with Crippen LogP contribution in [0.1, 0.15) is 12.1 Å². The minimum atomic E-state index is 0.957. The molecule has 1 saturated heterocycles. The average molecular weight is 198 g/mol. The third kappa shape index (κ3) is 2.72. The Labute approximate surface area is 82.3 Å². The molecular formula is C8H14N4S. The van der Waals surface area contributed by atoms with Gasteiger partial charge in [-0.2, -0.15) is 8.75 Å². The Bertz CT molecular complexity index is 228. The summed E-state index contributed by atoms with van der Waals surface area (Å²) in [4.78, 5) is 2.43. The van der Waals surface area contributed by atoms with E-state index in [-0.39, 0.29) is 0 Å². The third-order valence-corrected chi connectivity index (χ3v) is 2.74. The van der Waals surface area contributed by atoms with Crippen LogP contribution in [-0.4, -0.2) is 39.8 Å². The van der Waals surface area contributed by atoms with Crippen molar-refractivity contribution >= 4 is 11.7 Å². The molecule has 1 aliphatic rings. The summed E-state index contributed by atoms with van der Waals surface area (Å²) in [5.41, 5.74) is 1.10. The second-order valence-electron chi connectivity index (χ2n) is 3.28. The van der Waals surface area contributed by atoms with Crippen LogP contribution in [0.3, 0.4) is 0 Å². The highest BCUT2D eigenvalue weighted by molar-refractivity contribution is 6.99. The van der Waals surface area contributed by atoms with Gasteiger partial charge in [-0.3, -0.25) is 4.90 Å². The highest BCUT2D eigenvalue weighted by atomic mass is 32.1. The van der Waals surface area contributed by atoms with Crippen molar-refractivity contribution in [1.82, 2.24) is 19.0 Å². The second kappa shape index (κ2) is 4.64. The maximum absolute atomic E-state index is 4.21. The SMILES string of the molecule is c1nsnc1CN1CCCNCC1. The van der Waals surface area contributed by atoms with Crippen LogP contribution in [0.4, 0.5) is 0 Å². The number of nitrogens with one attached hydrogen (secondary N) is 1. The Morgan fingerprint density at radius 2 is 2.46 bits per heavy atom. The van der Waals surface area contributed by atoms with Crippen LogP contribution in [0.15, 0.2) is 6.20 Å². The lowest BCUT2D eigenvalue weighted by Crippen LogP contribution is -2.27. The summed E-state index contributed by atoms with van der Waals surface area (Å²) in [6, 6.07) is 0. The highest BCUT2D eigenvalue weighted by Crippen LogP contribution is 2.03. The lowest BCUT2D eigenvalue weighted by molar-refractivity contribution is 0.282. The van der Waals surface area contributed by atoms with Crippen LogP contribution in [0.2, 0.25) is 0 Å². The monoisotopic (exact) mass is 198 g/mol. The first-order valence-electron chi connectivity index (χ1n) is 4.64. The van der Waals surface area contributed by atoms with Gasteiger partial charge in [0.25, 0.3) is 0 Å². The van der Waals surface area contributed by atoms with E-state index in [1.54, 1.807) is 0 Å². The molecule has 0 saturated carbocycles. The first-order valence-corrected chi connectivity index (χ1v) is 5.38. The molecule has 0 aliphatic carbocycles. The van der Waals surface area contributed by atoms with E-state index in [1.807, 2.05) is 6.20 Å². The molecule has 2 rings (SSSR count). The van der Waals surface area contributed by atoms with E-state index in [9.17, 15) is 0 Å². The molecule has 1 N–H and O–H groups in total. The zero-order chi connectivity index (χ0) is 8.93. The van der Waals surface area contributed by atoms with Crippen LogP contribution in [-0.2, 0) is 6.54 Å². The number of aromatic nitrogens is 2. The first kappa shape index (κ1) is 9.05.